The van der Waals surface area contributed by atoms with Crippen LogP contribution in [0.5, 0.6) is 0 Å². The molecule has 278 valence electrons. The summed E-state index contributed by atoms with van der Waals surface area (Å²) in [7, 11) is 0. The summed E-state index contributed by atoms with van der Waals surface area (Å²) in [4.78, 5) is 20.3. The van der Waals surface area contributed by atoms with Crippen LogP contribution in [0.3, 0.4) is 0 Å². The number of aliphatic imine (C=N–C) groups is 1. The van der Waals surface area contributed by atoms with Gasteiger partial charge in [-0.3, -0.25) is 0 Å². The molecule has 6 nitrogen and oxygen atoms in total. The Hall–Kier alpha value is -7.44. The van der Waals surface area contributed by atoms with Crippen molar-refractivity contribution in [2.24, 2.45) is 4.99 Å². The number of hydrogen-bond acceptors (Lipinski definition) is 5. The van der Waals surface area contributed by atoms with Crippen LogP contribution in [-0.2, 0) is 0 Å². The average Bonchev–Trinajstić information content (AvgIpc) is 3.73. The number of furan rings is 1. The maximum absolute atomic E-state index is 6.54. The Balaban J connectivity index is 1.09. The van der Waals surface area contributed by atoms with Gasteiger partial charge in [0.1, 0.15) is 11.2 Å². The first-order valence-electron chi connectivity index (χ1n) is 19.8. The van der Waals surface area contributed by atoms with Crippen molar-refractivity contribution in [1.82, 2.24) is 15.0 Å². The third-order valence-corrected chi connectivity index (χ3v) is 10.7. The van der Waals surface area contributed by atoms with Gasteiger partial charge >= 0.3 is 0 Å². The summed E-state index contributed by atoms with van der Waals surface area (Å²) >= 11 is 0. The normalized spacial score (nSPS) is 15.4. The molecule has 0 bridgehead atoms. The number of rotatable bonds is 7. The van der Waals surface area contributed by atoms with Crippen molar-refractivity contribution >= 4 is 33.5 Å². The van der Waals surface area contributed by atoms with E-state index in [1.165, 1.54) is 5.56 Å². The minimum absolute atomic E-state index is 0.0320. The lowest BCUT2D eigenvalue weighted by molar-refractivity contribution is 0.669. The topological polar surface area (TPSA) is 78.3 Å². The molecule has 3 heterocycles. The molecular weight excluding hydrogens is 711 g/mol. The van der Waals surface area contributed by atoms with Crippen LogP contribution in [0, 0.1) is 0 Å². The minimum Gasteiger partial charge on any atom is -0.457 e. The molecule has 1 aliphatic heterocycles. The lowest BCUT2D eigenvalue weighted by Gasteiger charge is -2.29. The van der Waals surface area contributed by atoms with E-state index in [9.17, 15) is 0 Å². The first kappa shape index (κ1) is 35.0. The summed E-state index contributed by atoms with van der Waals surface area (Å²) in [5.41, 5.74) is 10.6. The van der Waals surface area contributed by atoms with E-state index in [2.05, 4.69) is 109 Å². The number of aromatic nitrogens is 3. The summed E-state index contributed by atoms with van der Waals surface area (Å²) in [6.07, 6.45) is 5.11. The SMILES string of the molecule is C1=C(/c2ccccc2)N=C(c2cccc3oc4ccc(-c5cccc(-c6nc(-c7ccccc7)nc(-c7ccccc7)n6)c5)cc4c23)[N-]C(c2ccccc2)CCC/1. The highest BCUT2D eigenvalue weighted by atomic mass is 16.3. The number of hydrogen-bond donors (Lipinski definition) is 0. The predicted octanol–water partition coefficient (Wildman–Crippen LogP) is 13.5. The maximum Gasteiger partial charge on any atom is 0.164 e. The number of benzene rings is 7. The fourth-order valence-electron chi connectivity index (χ4n) is 7.76. The molecule has 0 fully saturated rings. The first-order chi connectivity index (χ1) is 28.7. The Bertz CT molecular complexity index is 2880. The Morgan fingerprint density at radius 1 is 0.483 bits per heavy atom. The van der Waals surface area contributed by atoms with E-state index >= 15 is 0 Å². The first-order valence-corrected chi connectivity index (χ1v) is 19.8. The van der Waals surface area contributed by atoms with Gasteiger partial charge in [0.25, 0.3) is 0 Å². The van der Waals surface area contributed by atoms with Gasteiger partial charge in [0, 0.05) is 27.5 Å². The fourth-order valence-corrected chi connectivity index (χ4v) is 7.76. The monoisotopic (exact) mass is 748 g/mol. The zero-order chi connectivity index (χ0) is 38.7. The molecule has 7 aromatic carbocycles. The fraction of sp³-hybridized carbons (Fsp3) is 0.0769. The Labute approximate surface area is 337 Å². The molecule has 10 rings (SSSR count). The highest BCUT2D eigenvalue weighted by Gasteiger charge is 2.18. The molecule has 58 heavy (non-hydrogen) atoms. The highest BCUT2D eigenvalue weighted by Crippen LogP contribution is 2.39. The van der Waals surface area contributed by atoms with Gasteiger partial charge in [0.15, 0.2) is 17.5 Å². The number of nitrogens with zero attached hydrogens (tertiary/aromatic N) is 5. The second-order valence-electron chi connectivity index (χ2n) is 14.5. The van der Waals surface area contributed by atoms with E-state index in [-0.39, 0.29) is 6.04 Å². The smallest absolute Gasteiger partial charge is 0.164 e. The Kier molecular flexibility index (Phi) is 9.41. The summed E-state index contributed by atoms with van der Waals surface area (Å²) in [5, 5.41) is 7.48. The Morgan fingerprint density at radius 2 is 1.05 bits per heavy atom. The average molecular weight is 749 g/mol. The van der Waals surface area contributed by atoms with Crippen molar-refractivity contribution in [3.63, 3.8) is 0 Å². The van der Waals surface area contributed by atoms with Crippen molar-refractivity contribution < 1.29 is 4.42 Å². The zero-order valence-electron chi connectivity index (χ0n) is 31.7. The van der Waals surface area contributed by atoms with Gasteiger partial charge in [0.05, 0.1) is 0 Å². The molecular formula is C52H38N5O-. The lowest BCUT2D eigenvalue weighted by Crippen LogP contribution is -2.07. The van der Waals surface area contributed by atoms with Gasteiger partial charge in [-0.2, -0.15) is 0 Å². The van der Waals surface area contributed by atoms with Crippen LogP contribution in [0.4, 0.5) is 0 Å². The van der Waals surface area contributed by atoms with Gasteiger partial charge < -0.3 is 14.7 Å². The van der Waals surface area contributed by atoms with Crippen molar-refractivity contribution in [2.45, 2.75) is 25.3 Å². The summed E-state index contributed by atoms with van der Waals surface area (Å²) in [5.74, 6) is 2.57. The van der Waals surface area contributed by atoms with Crippen LogP contribution in [0.1, 0.15) is 42.0 Å². The van der Waals surface area contributed by atoms with Crippen LogP contribution < -0.4 is 0 Å². The van der Waals surface area contributed by atoms with Crippen LogP contribution in [0.15, 0.2) is 197 Å². The molecule has 1 unspecified atom stereocenters. The minimum atomic E-state index is -0.0320. The highest BCUT2D eigenvalue weighted by molar-refractivity contribution is 6.23. The third kappa shape index (κ3) is 7.08. The Morgan fingerprint density at radius 3 is 1.74 bits per heavy atom. The maximum atomic E-state index is 6.54. The van der Waals surface area contributed by atoms with Crippen LogP contribution in [0.25, 0.3) is 78.2 Å². The lowest BCUT2D eigenvalue weighted by atomic mass is 9.98. The van der Waals surface area contributed by atoms with Gasteiger partial charge in [-0.15, -0.1) is 0 Å². The quantitative estimate of drug-likeness (QED) is 0.163. The van der Waals surface area contributed by atoms with E-state index < -0.39 is 0 Å². The van der Waals surface area contributed by atoms with E-state index in [1.54, 1.807) is 0 Å². The molecule has 0 saturated carbocycles. The zero-order valence-corrected chi connectivity index (χ0v) is 31.7. The number of amidine groups is 1. The van der Waals surface area contributed by atoms with Crippen LogP contribution in [-0.4, -0.2) is 20.8 Å². The standard InChI is InChI=1S/C52H38N5O/c1-5-17-35(18-6-1)44-28-13-14-29-45(36-19-7-2-8-20-36)54-52(53-44)42-27-16-30-47-48(42)43-34-40(31-32-46(43)58-47)39-25-15-26-41(33-39)51-56-49(37-21-9-3-10-22-37)55-50(57-51)38-23-11-4-12-24-38/h1-12,15-28,30-34,45H,13-14,29H2/q-1/b44-28-. The molecule has 9 aromatic rings. The molecule has 2 aromatic heterocycles. The predicted molar refractivity (Wildman–Crippen MR) is 236 cm³/mol. The molecule has 0 saturated heterocycles. The van der Waals surface area contributed by atoms with Crippen molar-refractivity contribution in [3.05, 3.63) is 210 Å². The van der Waals surface area contributed by atoms with Gasteiger partial charge in [-0.05, 0) is 83.1 Å². The van der Waals surface area contributed by atoms with Crippen LogP contribution >= 0.6 is 0 Å². The van der Waals surface area contributed by atoms with Gasteiger partial charge in [-0.25, -0.2) is 15.0 Å². The van der Waals surface area contributed by atoms with Crippen molar-refractivity contribution in [2.75, 3.05) is 0 Å². The van der Waals surface area contributed by atoms with E-state index in [1.807, 2.05) is 78.9 Å². The van der Waals surface area contributed by atoms with Crippen molar-refractivity contribution in [3.8, 4) is 45.3 Å². The molecule has 1 aliphatic rings. The largest absolute Gasteiger partial charge is 0.457 e. The summed E-state index contributed by atoms with van der Waals surface area (Å²) in [6.45, 7) is 0. The van der Waals surface area contributed by atoms with Crippen molar-refractivity contribution in [1.29, 1.82) is 0 Å². The molecule has 0 spiro atoms. The second kappa shape index (κ2) is 15.6. The van der Waals surface area contributed by atoms with E-state index in [0.29, 0.717) is 23.3 Å². The molecule has 0 aliphatic carbocycles. The number of allylic oxidation sites excluding steroid dienone is 1. The van der Waals surface area contributed by atoms with Crippen LogP contribution in [0.2, 0.25) is 0 Å². The molecule has 0 N–H and O–H groups in total. The summed E-state index contributed by atoms with van der Waals surface area (Å²) < 4.78 is 6.54. The molecule has 6 heteroatoms. The summed E-state index contributed by atoms with van der Waals surface area (Å²) in [6, 6.07) is 62.1. The van der Waals surface area contributed by atoms with Gasteiger partial charge in [-0.1, -0.05) is 170 Å². The molecule has 1 atom stereocenters. The molecule has 0 amide bonds. The van der Waals surface area contributed by atoms with E-state index in [0.717, 1.165) is 85.8 Å². The number of fused-ring (bicyclic) bond motifs is 3. The van der Waals surface area contributed by atoms with E-state index in [4.69, 9.17) is 29.7 Å². The van der Waals surface area contributed by atoms with Gasteiger partial charge in [0.2, 0.25) is 0 Å². The second-order valence-corrected chi connectivity index (χ2v) is 14.5. The third-order valence-electron chi connectivity index (χ3n) is 10.7. The molecule has 0 radical (unpaired) electrons.